The Kier molecular flexibility index (Phi) is 7.47. The molecule has 1 aliphatic rings. The van der Waals surface area contributed by atoms with Gasteiger partial charge in [0.15, 0.2) is 0 Å². The van der Waals surface area contributed by atoms with E-state index in [0.717, 1.165) is 70.9 Å². The van der Waals surface area contributed by atoms with Crippen molar-refractivity contribution in [3.05, 3.63) is 215 Å². The fraction of sp³-hybridized carbons (Fsp3) is 0.0185. The normalized spacial score (nSPS) is 13.9. The summed E-state index contributed by atoms with van der Waals surface area (Å²) in [5.41, 5.74) is 11.9. The number of nitrogens with zero attached hydrogens (tertiary/aromatic N) is 1. The highest BCUT2D eigenvalue weighted by Crippen LogP contribution is 2.41. The Bertz CT molecular complexity index is 3540. The van der Waals surface area contributed by atoms with Gasteiger partial charge in [-0.15, -0.1) is 11.3 Å². The molecule has 0 radical (unpaired) electrons. The largest absolute Gasteiger partial charge is 0.456 e. The Morgan fingerprint density at radius 2 is 1.00 bits per heavy atom. The minimum absolute atomic E-state index is 0.376. The van der Waals surface area contributed by atoms with Crippen LogP contribution in [-0.4, -0.2) is 0 Å². The van der Waals surface area contributed by atoms with Gasteiger partial charge in [0.25, 0.3) is 0 Å². The minimum atomic E-state index is -0.376. The van der Waals surface area contributed by atoms with Crippen molar-refractivity contribution in [3.63, 3.8) is 0 Å². The molecular formula is C54H34N2OS. The molecule has 3 nitrogen and oxygen atoms in total. The zero-order chi connectivity index (χ0) is 38.2. The Hall–Kier alpha value is -7.27. The number of hydrogen-bond acceptors (Lipinski definition) is 4. The van der Waals surface area contributed by atoms with Gasteiger partial charge in [0.2, 0.25) is 0 Å². The number of furan rings is 1. The molecule has 1 aliphatic heterocycles. The third kappa shape index (κ3) is 5.45. The molecule has 58 heavy (non-hydrogen) atoms. The van der Waals surface area contributed by atoms with E-state index in [4.69, 9.17) is 9.41 Å². The van der Waals surface area contributed by atoms with Crippen LogP contribution in [0.5, 0.6) is 0 Å². The van der Waals surface area contributed by atoms with Crippen LogP contribution in [0.3, 0.4) is 0 Å². The molecule has 9 aromatic carbocycles. The third-order valence-electron chi connectivity index (χ3n) is 11.7. The second-order valence-electron chi connectivity index (χ2n) is 15.1. The van der Waals surface area contributed by atoms with Crippen LogP contribution >= 0.6 is 11.3 Å². The van der Waals surface area contributed by atoms with E-state index < -0.39 is 0 Å². The number of hydrogen-bond donors (Lipinski definition) is 1. The molecule has 0 amide bonds. The number of rotatable bonds is 5. The van der Waals surface area contributed by atoms with E-state index in [1.165, 1.54) is 42.8 Å². The van der Waals surface area contributed by atoms with E-state index in [2.05, 4.69) is 199 Å². The summed E-state index contributed by atoms with van der Waals surface area (Å²) in [6, 6.07) is 69.7. The maximum absolute atomic E-state index is 6.90. The van der Waals surface area contributed by atoms with Crippen LogP contribution in [0.4, 0.5) is 0 Å². The standard InChI is InChI=1S/C54H34N2OS/c1-2-10-33(11-3-1)36-18-20-37(21-19-36)43-30-46(50-44-27-26-41(31-47(44)57-48(50)32-43)40-24-22-34-12-4-6-14-38(34)28-40)54-55-51(42-25-23-35-13-5-7-15-39(35)29-42)53-52(56-54)45-16-8-9-17-49(45)58-53/h1-32,54-55H. The molecule has 0 aliphatic carbocycles. The van der Waals surface area contributed by atoms with Gasteiger partial charge >= 0.3 is 0 Å². The van der Waals surface area contributed by atoms with Gasteiger partial charge in [-0.25, -0.2) is 0 Å². The van der Waals surface area contributed by atoms with E-state index in [1.54, 1.807) is 11.3 Å². The summed E-state index contributed by atoms with van der Waals surface area (Å²) < 4.78 is 9.29. The van der Waals surface area contributed by atoms with E-state index in [9.17, 15) is 0 Å². The highest BCUT2D eigenvalue weighted by Gasteiger charge is 2.25. The van der Waals surface area contributed by atoms with Crippen LogP contribution in [-0.2, 0) is 0 Å². The molecule has 0 saturated carbocycles. The summed E-state index contributed by atoms with van der Waals surface area (Å²) in [5, 5.41) is 13.2. The smallest absolute Gasteiger partial charge is 0.146 e. The topological polar surface area (TPSA) is 37.5 Å². The van der Waals surface area contributed by atoms with Gasteiger partial charge in [-0.05, 0) is 103 Å². The molecule has 272 valence electrons. The number of fused-ring (bicyclic) bond motifs is 8. The minimum Gasteiger partial charge on any atom is -0.456 e. The van der Waals surface area contributed by atoms with Crippen molar-refractivity contribution in [2.24, 2.45) is 4.99 Å². The lowest BCUT2D eigenvalue weighted by Gasteiger charge is -2.23. The van der Waals surface area contributed by atoms with Gasteiger partial charge < -0.3 is 9.73 Å². The maximum Gasteiger partial charge on any atom is 0.146 e. The molecule has 0 bridgehead atoms. The Morgan fingerprint density at radius 1 is 0.431 bits per heavy atom. The molecule has 0 saturated heterocycles. The van der Waals surface area contributed by atoms with Crippen LogP contribution in [0.25, 0.3) is 92.6 Å². The summed E-state index contributed by atoms with van der Waals surface area (Å²) in [4.78, 5) is 5.60. The van der Waals surface area contributed by atoms with Crippen molar-refractivity contribution in [2.45, 2.75) is 6.17 Å². The SMILES string of the molecule is c1ccc(-c2ccc(-c3cc(C4N=c5c(sc6ccccc56)=C(c5ccc6ccccc6c5)N4)c4c(c3)oc3cc(-c5ccc6ccccc6c5)ccc34)cc2)cc1. The summed E-state index contributed by atoms with van der Waals surface area (Å²) in [5.74, 6) is 0. The molecule has 2 aromatic heterocycles. The van der Waals surface area contributed by atoms with E-state index >= 15 is 0 Å². The highest BCUT2D eigenvalue weighted by atomic mass is 32.1. The van der Waals surface area contributed by atoms with E-state index in [0.29, 0.717) is 0 Å². The molecule has 3 heterocycles. The molecule has 11 aromatic rings. The van der Waals surface area contributed by atoms with Crippen molar-refractivity contribution in [1.29, 1.82) is 0 Å². The first-order valence-corrected chi connectivity index (χ1v) is 20.5. The van der Waals surface area contributed by atoms with Crippen LogP contribution in [0.2, 0.25) is 0 Å². The van der Waals surface area contributed by atoms with Crippen molar-refractivity contribution in [1.82, 2.24) is 5.32 Å². The third-order valence-corrected chi connectivity index (χ3v) is 12.9. The molecule has 0 fully saturated rings. The van der Waals surface area contributed by atoms with Crippen LogP contribution < -0.4 is 15.2 Å². The summed E-state index contributed by atoms with van der Waals surface area (Å²) in [6.45, 7) is 0. The second kappa shape index (κ2) is 13.2. The Morgan fingerprint density at radius 3 is 1.78 bits per heavy atom. The monoisotopic (exact) mass is 758 g/mol. The van der Waals surface area contributed by atoms with Gasteiger partial charge in [0, 0.05) is 26.4 Å². The predicted molar refractivity (Wildman–Crippen MR) is 242 cm³/mol. The quantitative estimate of drug-likeness (QED) is 0.190. The van der Waals surface area contributed by atoms with Crippen molar-refractivity contribution < 1.29 is 4.42 Å². The average molecular weight is 759 g/mol. The fourth-order valence-electron chi connectivity index (χ4n) is 8.75. The molecular weight excluding hydrogens is 725 g/mol. The van der Waals surface area contributed by atoms with Crippen LogP contribution in [0.1, 0.15) is 17.3 Å². The highest BCUT2D eigenvalue weighted by molar-refractivity contribution is 7.17. The van der Waals surface area contributed by atoms with Gasteiger partial charge in [-0.2, -0.15) is 0 Å². The summed E-state index contributed by atoms with van der Waals surface area (Å²) in [7, 11) is 0. The molecule has 4 heteroatoms. The number of thiophene rings is 1. The number of nitrogens with one attached hydrogen (secondary N) is 1. The van der Waals surface area contributed by atoms with E-state index in [-0.39, 0.29) is 6.17 Å². The summed E-state index contributed by atoms with van der Waals surface area (Å²) >= 11 is 1.80. The zero-order valence-electron chi connectivity index (χ0n) is 31.3. The van der Waals surface area contributed by atoms with Crippen molar-refractivity contribution >= 4 is 70.6 Å². The first-order chi connectivity index (χ1) is 28.7. The molecule has 12 rings (SSSR count). The lowest BCUT2D eigenvalue weighted by atomic mass is 9.94. The van der Waals surface area contributed by atoms with Gasteiger partial charge in [-0.1, -0.05) is 152 Å². The summed E-state index contributed by atoms with van der Waals surface area (Å²) in [6.07, 6.45) is -0.376. The van der Waals surface area contributed by atoms with Crippen molar-refractivity contribution in [3.8, 4) is 33.4 Å². The van der Waals surface area contributed by atoms with Crippen molar-refractivity contribution in [2.75, 3.05) is 0 Å². The molecule has 1 N–H and O–H groups in total. The maximum atomic E-state index is 6.90. The van der Waals surface area contributed by atoms with Gasteiger partial charge in [0.1, 0.15) is 17.3 Å². The average Bonchev–Trinajstić information content (AvgIpc) is 3.86. The van der Waals surface area contributed by atoms with Gasteiger partial charge in [-0.3, -0.25) is 4.99 Å². The predicted octanol–water partition coefficient (Wildman–Crippen LogP) is 13.2. The fourth-order valence-corrected chi connectivity index (χ4v) is 9.93. The Labute approximate surface area is 338 Å². The molecule has 1 unspecified atom stereocenters. The lowest BCUT2D eigenvalue weighted by Crippen LogP contribution is -2.37. The second-order valence-corrected chi connectivity index (χ2v) is 16.2. The molecule has 0 spiro atoms. The first kappa shape index (κ1) is 32.9. The van der Waals surface area contributed by atoms with Crippen LogP contribution in [0.15, 0.2) is 204 Å². The Balaban J connectivity index is 1.07. The lowest BCUT2D eigenvalue weighted by molar-refractivity contribution is 0.641. The van der Waals surface area contributed by atoms with E-state index in [1.807, 2.05) is 0 Å². The number of benzene rings is 9. The zero-order valence-corrected chi connectivity index (χ0v) is 32.1. The molecule has 1 atom stereocenters. The first-order valence-electron chi connectivity index (χ1n) is 19.7. The van der Waals surface area contributed by atoms with Crippen LogP contribution in [0, 0.1) is 0 Å². The van der Waals surface area contributed by atoms with Gasteiger partial charge in [0.05, 0.1) is 15.6 Å².